The number of Topliss-reactive ketones (excluding diaryl/α,β-unsaturated/α-hetero) is 1. The molecule has 84 valence electrons. The number of carbonyl (C=O) groups excluding carboxylic acids is 2. The molecule has 1 heterocycles. The number of hydrogen-bond donors (Lipinski definition) is 2. The summed E-state index contributed by atoms with van der Waals surface area (Å²) < 4.78 is 5.36. The third-order valence-corrected chi connectivity index (χ3v) is 2.35. The number of nitrogens with two attached hydrogens (primary N) is 1. The fraction of sp³-hybridized carbons (Fsp3) is 0.273. The number of carbonyl (C=O) groups is 2. The Morgan fingerprint density at radius 2 is 2.31 bits per heavy atom. The van der Waals surface area contributed by atoms with Crippen LogP contribution in [0.5, 0.6) is 5.75 Å². The first kappa shape index (κ1) is 10.6. The van der Waals surface area contributed by atoms with E-state index < -0.39 is 0 Å². The predicted molar refractivity (Wildman–Crippen MR) is 58.6 cm³/mol. The van der Waals surface area contributed by atoms with Crippen molar-refractivity contribution in [2.45, 2.75) is 6.42 Å². The largest absolute Gasteiger partial charge is 0.491 e. The van der Waals surface area contributed by atoms with E-state index in [-0.39, 0.29) is 18.2 Å². The normalized spacial score (nSPS) is 14.4. The molecule has 0 aromatic heterocycles. The lowest BCUT2D eigenvalue weighted by Crippen LogP contribution is -2.14. The van der Waals surface area contributed by atoms with E-state index in [0.717, 1.165) is 0 Å². The Kier molecular flexibility index (Phi) is 2.87. The second-order valence-electron chi connectivity index (χ2n) is 3.48. The molecule has 1 aliphatic heterocycles. The molecule has 0 aliphatic carbocycles. The smallest absolute Gasteiger partial charge is 0.227 e. The van der Waals surface area contributed by atoms with Crippen LogP contribution in [0.1, 0.15) is 16.8 Å². The molecule has 5 nitrogen and oxygen atoms in total. The molecule has 0 bridgehead atoms. The zero-order valence-corrected chi connectivity index (χ0v) is 8.66. The van der Waals surface area contributed by atoms with Crippen molar-refractivity contribution in [3.63, 3.8) is 0 Å². The fourth-order valence-electron chi connectivity index (χ4n) is 1.51. The zero-order chi connectivity index (χ0) is 11.5. The quantitative estimate of drug-likeness (QED) is 0.713. The maximum atomic E-state index is 11.4. The van der Waals surface area contributed by atoms with Crippen molar-refractivity contribution in [1.29, 1.82) is 0 Å². The van der Waals surface area contributed by atoms with E-state index in [4.69, 9.17) is 10.5 Å². The van der Waals surface area contributed by atoms with Crippen molar-refractivity contribution in [2.75, 3.05) is 18.5 Å². The van der Waals surface area contributed by atoms with Crippen molar-refractivity contribution in [3.05, 3.63) is 23.8 Å². The first-order chi connectivity index (χ1) is 7.70. The number of benzene rings is 1. The molecule has 1 aromatic rings. The molecule has 0 spiro atoms. The molecular weight excluding hydrogens is 208 g/mol. The van der Waals surface area contributed by atoms with Gasteiger partial charge in [-0.25, -0.2) is 0 Å². The third kappa shape index (κ3) is 2.04. The number of nitrogens with one attached hydrogen (secondary N) is 1. The van der Waals surface area contributed by atoms with E-state index >= 15 is 0 Å². The Morgan fingerprint density at radius 1 is 1.50 bits per heavy atom. The molecule has 3 N–H and O–H groups in total. The van der Waals surface area contributed by atoms with Crippen LogP contribution in [0.25, 0.3) is 0 Å². The summed E-state index contributed by atoms with van der Waals surface area (Å²) in [5.41, 5.74) is 6.28. The maximum absolute atomic E-state index is 11.4. The van der Waals surface area contributed by atoms with Crippen LogP contribution < -0.4 is 15.8 Å². The van der Waals surface area contributed by atoms with Gasteiger partial charge in [0.25, 0.3) is 0 Å². The fourth-order valence-corrected chi connectivity index (χ4v) is 1.51. The summed E-state index contributed by atoms with van der Waals surface area (Å²) in [7, 11) is 0. The van der Waals surface area contributed by atoms with Crippen LogP contribution in [0.4, 0.5) is 5.69 Å². The minimum atomic E-state index is -0.165. The third-order valence-electron chi connectivity index (χ3n) is 2.35. The highest BCUT2D eigenvalue weighted by Crippen LogP contribution is 2.28. The van der Waals surface area contributed by atoms with Crippen molar-refractivity contribution in [2.24, 2.45) is 5.73 Å². The molecule has 0 radical (unpaired) electrons. The highest BCUT2D eigenvalue weighted by atomic mass is 16.5. The molecule has 0 saturated heterocycles. The van der Waals surface area contributed by atoms with Crippen molar-refractivity contribution < 1.29 is 14.3 Å². The maximum Gasteiger partial charge on any atom is 0.227 e. The number of ether oxygens (including phenoxy) is 1. The van der Waals surface area contributed by atoms with Crippen LogP contribution in [0, 0.1) is 0 Å². The minimum Gasteiger partial charge on any atom is -0.491 e. The van der Waals surface area contributed by atoms with E-state index in [1.54, 1.807) is 18.2 Å². The molecular formula is C11H12N2O3. The molecule has 16 heavy (non-hydrogen) atoms. The first-order valence-electron chi connectivity index (χ1n) is 5.00. The number of rotatable bonds is 2. The van der Waals surface area contributed by atoms with Gasteiger partial charge in [0.1, 0.15) is 5.75 Å². The first-order valence-corrected chi connectivity index (χ1v) is 5.00. The summed E-state index contributed by atoms with van der Waals surface area (Å²) >= 11 is 0. The molecule has 0 fully saturated rings. The predicted octanol–water partition coefficient (Wildman–Crippen LogP) is 0.549. The Labute approximate surface area is 92.6 Å². The molecule has 1 aliphatic rings. The topological polar surface area (TPSA) is 81.4 Å². The van der Waals surface area contributed by atoms with Crippen molar-refractivity contribution >= 4 is 17.4 Å². The van der Waals surface area contributed by atoms with E-state index in [1.165, 1.54) is 0 Å². The van der Waals surface area contributed by atoms with Gasteiger partial charge in [0.15, 0.2) is 5.78 Å². The highest BCUT2D eigenvalue weighted by Gasteiger charge is 2.15. The van der Waals surface area contributed by atoms with Gasteiger partial charge in [0, 0.05) is 5.56 Å². The molecule has 0 atom stereocenters. The molecule has 2 rings (SSSR count). The Hall–Kier alpha value is -1.88. The number of ketones is 1. The van der Waals surface area contributed by atoms with Gasteiger partial charge < -0.3 is 15.8 Å². The van der Waals surface area contributed by atoms with Gasteiger partial charge in [-0.1, -0.05) is 0 Å². The lowest BCUT2D eigenvalue weighted by molar-refractivity contribution is -0.116. The van der Waals surface area contributed by atoms with Gasteiger partial charge in [-0.3, -0.25) is 9.59 Å². The van der Waals surface area contributed by atoms with Gasteiger partial charge in [-0.05, 0) is 18.2 Å². The van der Waals surface area contributed by atoms with Crippen LogP contribution in [0.3, 0.4) is 0 Å². The molecule has 0 unspecified atom stereocenters. The molecule has 1 aromatic carbocycles. The van der Waals surface area contributed by atoms with Crippen molar-refractivity contribution in [3.8, 4) is 5.75 Å². The van der Waals surface area contributed by atoms with Gasteiger partial charge >= 0.3 is 0 Å². The Balaban J connectivity index is 2.36. The lowest BCUT2D eigenvalue weighted by atomic mass is 10.1. The van der Waals surface area contributed by atoms with E-state index in [0.29, 0.717) is 30.0 Å². The Morgan fingerprint density at radius 3 is 3.06 bits per heavy atom. The molecule has 0 saturated carbocycles. The van der Waals surface area contributed by atoms with Gasteiger partial charge in [-0.2, -0.15) is 0 Å². The monoisotopic (exact) mass is 220 g/mol. The van der Waals surface area contributed by atoms with Gasteiger partial charge in [0.2, 0.25) is 5.91 Å². The highest BCUT2D eigenvalue weighted by molar-refractivity contribution is 6.00. The number of fused-ring (bicyclic) bond motifs is 1. The summed E-state index contributed by atoms with van der Waals surface area (Å²) in [5.74, 6) is 0.303. The van der Waals surface area contributed by atoms with Crippen LogP contribution >= 0.6 is 0 Å². The second kappa shape index (κ2) is 4.32. The van der Waals surface area contributed by atoms with Crippen LogP contribution in [-0.2, 0) is 4.79 Å². The lowest BCUT2D eigenvalue weighted by Gasteiger charge is -2.08. The van der Waals surface area contributed by atoms with Gasteiger partial charge in [0.05, 0.1) is 25.3 Å². The Bertz CT molecular complexity index is 443. The van der Waals surface area contributed by atoms with E-state index in [9.17, 15) is 9.59 Å². The number of hydrogen-bond acceptors (Lipinski definition) is 4. The standard InChI is InChI=1S/C11H12N2O3/c12-6-9(14)7-1-2-10-8(5-7)13-11(15)3-4-16-10/h1-2,5H,3-4,6,12H2,(H,13,15). The zero-order valence-electron chi connectivity index (χ0n) is 8.66. The van der Waals surface area contributed by atoms with Crippen LogP contribution in [-0.4, -0.2) is 24.8 Å². The summed E-state index contributed by atoms with van der Waals surface area (Å²) in [6.07, 6.45) is 0.314. The average molecular weight is 220 g/mol. The summed E-state index contributed by atoms with van der Waals surface area (Å²) in [6.45, 7) is 0.302. The molecule has 1 amide bonds. The van der Waals surface area contributed by atoms with Crippen LogP contribution in [0.15, 0.2) is 18.2 Å². The van der Waals surface area contributed by atoms with Crippen LogP contribution in [0.2, 0.25) is 0 Å². The van der Waals surface area contributed by atoms with E-state index in [1.807, 2.05) is 0 Å². The second-order valence-corrected chi connectivity index (χ2v) is 3.48. The molecule has 5 heteroatoms. The number of anilines is 1. The number of amides is 1. The summed E-state index contributed by atoms with van der Waals surface area (Å²) in [4.78, 5) is 22.7. The van der Waals surface area contributed by atoms with Crippen molar-refractivity contribution in [1.82, 2.24) is 0 Å². The summed E-state index contributed by atoms with van der Waals surface area (Å²) in [6, 6.07) is 4.91. The minimum absolute atomic E-state index is 0.0480. The average Bonchev–Trinajstić information content (AvgIpc) is 2.47. The SMILES string of the molecule is NCC(=O)c1ccc2c(c1)NC(=O)CCO2. The van der Waals surface area contributed by atoms with E-state index in [2.05, 4.69) is 5.32 Å². The van der Waals surface area contributed by atoms with Gasteiger partial charge in [-0.15, -0.1) is 0 Å². The summed E-state index contributed by atoms with van der Waals surface area (Å²) in [5, 5.41) is 2.68.